The number of aromatic nitrogens is 1. The maximum atomic E-state index is 13.3. The normalized spacial score (nSPS) is 20.2. The first-order valence-electron chi connectivity index (χ1n) is 10.8. The van der Waals surface area contributed by atoms with Crippen molar-refractivity contribution in [1.29, 1.82) is 0 Å². The standard InChI is InChI=1S/C24H29N3O3/c1-2-30-20-8-6-19(7-9-20)26-22(28)21-16-27(17-24(21)12-4-3-5-13-24)23(29)18-10-14-25-15-11-18/h6-11,14-15,21H,2-5,12-13,16-17H2,1H3,(H,26,28). The number of hydrogen-bond acceptors (Lipinski definition) is 4. The Kier molecular flexibility index (Phi) is 6.02. The number of nitrogens with zero attached hydrogens (tertiary/aromatic N) is 2. The second-order valence-corrected chi connectivity index (χ2v) is 8.34. The summed E-state index contributed by atoms with van der Waals surface area (Å²) in [5.74, 6) is 0.578. The van der Waals surface area contributed by atoms with E-state index in [9.17, 15) is 9.59 Å². The molecule has 1 saturated carbocycles. The number of benzene rings is 1. The summed E-state index contributed by atoms with van der Waals surface area (Å²) >= 11 is 0. The fraction of sp³-hybridized carbons (Fsp3) is 0.458. The van der Waals surface area contributed by atoms with Crippen molar-refractivity contribution in [3.63, 3.8) is 0 Å². The molecule has 1 unspecified atom stereocenters. The van der Waals surface area contributed by atoms with Gasteiger partial charge in [0.15, 0.2) is 0 Å². The van der Waals surface area contributed by atoms with Gasteiger partial charge in [0.25, 0.3) is 5.91 Å². The topological polar surface area (TPSA) is 71.5 Å². The molecule has 2 aliphatic rings. The van der Waals surface area contributed by atoms with E-state index in [-0.39, 0.29) is 23.1 Å². The summed E-state index contributed by atoms with van der Waals surface area (Å²) < 4.78 is 5.48. The molecule has 0 radical (unpaired) electrons. The molecule has 1 spiro atoms. The first kappa shape index (κ1) is 20.4. The number of ether oxygens (including phenoxy) is 1. The molecule has 2 amide bonds. The minimum absolute atomic E-state index is 0.00564. The van der Waals surface area contributed by atoms with Gasteiger partial charge in [-0.05, 0) is 56.2 Å². The minimum Gasteiger partial charge on any atom is -0.494 e. The average Bonchev–Trinajstić information content (AvgIpc) is 3.14. The molecule has 6 nitrogen and oxygen atoms in total. The SMILES string of the molecule is CCOc1ccc(NC(=O)C2CN(C(=O)c3ccncc3)CC23CCCCC3)cc1. The van der Waals surface area contributed by atoms with Crippen LogP contribution in [-0.2, 0) is 4.79 Å². The van der Waals surface area contributed by atoms with Gasteiger partial charge in [-0.15, -0.1) is 0 Å². The van der Waals surface area contributed by atoms with Crippen molar-refractivity contribution in [3.05, 3.63) is 54.4 Å². The number of pyridine rings is 1. The van der Waals surface area contributed by atoms with E-state index in [1.807, 2.05) is 36.1 Å². The Morgan fingerprint density at radius 1 is 1.10 bits per heavy atom. The highest BCUT2D eigenvalue weighted by molar-refractivity contribution is 5.97. The van der Waals surface area contributed by atoms with E-state index in [1.54, 1.807) is 24.5 Å². The molecule has 1 aliphatic heterocycles. The third-order valence-electron chi connectivity index (χ3n) is 6.46. The summed E-state index contributed by atoms with van der Waals surface area (Å²) in [6.45, 7) is 3.66. The zero-order valence-electron chi connectivity index (χ0n) is 17.5. The van der Waals surface area contributed by atoms with Crippen LogP contribution < -0.4 is 10.1 Å². The maximum Gasteiger partial charge on any atom is 0.254 e. The fourth-order valence-corrected chi connectivity index (χ4v) is 4.95. The van der Waals surface area contributed by atoms with Crippen molar-refractivity contribution in [2.45, 2.75) is 39.0 Å². The van der Waals surface area contributed by atoms with Gasteiger partial charge in [0, 0.05) is 42.1 Å². The summed E-state index contributed by atoms with van der Waals surface area (Å²) in [5.41, 5.74) is 1.26. The van der Waals surface area contributed by atoms with Crippen LogP contribution in [0.25, 0.3) is 0 Å². The number of rotatable bonds is 5. The van der Waals surface area contributed by atoms with E-state index in [0.717, 1.165) is 37.1 Å². The molecule has 2 heterocycles. The van der Waals surface area contributed by atoms with Crippen molar-refractivity contribution < 1.29 is 14.3 Å². The minimum atomic E-state index is -0.199. The van der Waals surface area contributed by atoms with Crippen LogP contribution in [0, 0.1) is 11.3 Å². The molecule has 1 N–H and O–H groups in total. The van der Waals surface area contributed by atoms with Gasteiger partial charge in [-0.2, -0.15) is 0 Å². The third-order valence-corrected chi connectivity index (χ3v) is 6.46. The van der Waals surface area contributed by atoms with Crippen LogP contribution in [0.5, 0.6) is 5.75 Å². The summed E-state index contributed by atoms with van der Waals surface area (Å²) in [6, 6.07) is 10.9. The predicted molar refractivity (Wildman–Crippen MR) is 115 cm³/mol. The average molecular weight is 408 g/mol. The van der Waals surface area contributed by atoms with Crippen LogP contribution >= 0.6 is 0 Å². The fourth-order valence-electron chi connectivity index (χ4n) is 4.95. The van der Waals surface area contributed by atoms with Gasteiger partial charge >= 0.3 is 0 Å². The molecule has 6 heteroatoms. The molecule has 0 bridgehead atoms. The zero-order chi connectivity index (χ0) is 21.0. The molecule has 1 aliphatic carbocycles. The van der Waals surface area contributed by atoms with Gasteiger partial charge in [0.05, 0.1) is 12.5 Å². The first-order chi connectivity index (χ1) is 14.6. The van der Waals surface area contributed by atoms with Gasteiger partial charge in [-0.1, -0.05) is 19.3 Å². The van der Waals surface area contributed by atoms with Crippen LogP contribution in [0.15, 0.2) is 48.8 Å². The van der Waals surface area contributed by atoms with Gasteiger partial charge in [-0.3, -0.25) is 14.6 Å². The largest absolute Gasteiger partial charge is 0.494 e. The lowest BCUT2D eigenvalue weighted by atomic mass is 9.67. The van der Waals surface area contributed by atoms with E-state index >= 15 is 0 Å². The van der Waals surface area contributed by atoms with E-state index in [2.05, 4.69) is 10.3 Å². The lowest BCUT2D eigenvalue weighted by Crippen LogP contribution is -2.39. The number of amides is 2. The molecule has 1 aromatic heterocycles. The predicted octanol–water partition coefficient (Wildman–Crippen LogP) is 4.14. The molecule has 1 saturated heterocycles. The van der Waals surface area contributed by atoms with Crippen LogP contribution in [0.4, 0.5) is 5.69 Å². The van der Waals surface area contributed by atoms with E-state index in [1.165, 1.54) is 6.42 Å². The molecule has 2 aromatic rings. The van der Waals surface area contributed by atoms with Gasteiger partial charge < -0.3 is 15.0 Å². The quantitative estimate of drug-likeness (QED) is 0.809. The summed E-state index contributed by atoms with van der Waals surface area (Å²) in [7, 11) is 0. The number of anilines is 1. The molecule has 30 heavy (non-hydrogen) atoms. The molecule has 1 aromatic carbocycles. The molecular weight excluding hydrogens is 378 g/mol. The molecule has 4 rings (SSSR count). The van der Waals surface area contributed by atoms with Gasteiger partial charge in [0.2, 0.25) is 5.91 Å². The second-order valence-electron chi connectivity index (χ2n) is 8.34. The lowest BCUT2D eigenvalue weighted by Gasteiger charge is -2.37. The van der Waals surface area contributed by atoms with E-state index in [0.29, 0.717) is 25.3 Å². The summed E-state index contributed by atoms with van der Waals surface area (Å²) in [5, 5.41) is 3.08. The first-order valence-corrected chi connectivity index (χ1v) is 10.8. The van der Waals surface area contributed by atoms with Crippen molar-refractivity contribution in [3.8, 4) is 5.75 Å². The zero-order valence-corrected chi connectivity index (χ0v) is 17.5. The number of hydrogen-bond donors (Lipinski definition) is 1. The van der Waals surface area contributed by atoms with Crippen LogP contribution in [0.1, 0.15) is 49.4 Å². The van der Waals surface area contributed by atoms with E-state index < -0.39 is 0 Å². The van der Waals surface area contributed by atoms with Crippen LogP contribution in [0.2, 0.25) is 0 Å². The van der Waals surface area contributed by atoms with Crippen LogP contribution in [-0.4, -0.2) is 41.4 Å². The number of likely N-dealkylation sites (tertiary alicyclic amines) is 1. The Morgan fingerprint density at radius 3 is 2.47 bits per heavy atom. The van der Waals surface area contributed by atoms with Crippen molar-refractivity contribution in [2.24, 2.45) is 11.3 Å². The Balaban J connectivity index is 1.52. The number of carbonyl (C=O) groups excluding carboxylic acids is 2. The molecule has 158 valence electrons. The number of carbonyl (C=O) groups is 2. The highest BCUT2D eigenvalue weighted by atomic mass is 16.5. The summed E-state index contributed by atoms with van der Waals surface area (Å²) in [4.78, 5) is 32.2. The van der Waals surface area contributed by atoms with Gasteiger partial charge in [-0.25, -0.2) is 0 Å². The lowest BCUT2D eigenvalue weighted by molar-refractivity contribution is -0.123. The number of nitrogens with one attached hydrogen (secondary N) is 1. The van der Waals surface area contributed by atoms with Crippen molar-refractivity contribution in [2.75, 3.05) is 25.0 Å². The van der Waals surface area contributed by atoms with Gasteiger partial charge in [0.1, 0.15) is 5.75 Å². The third kappa shape index (κ3) is 4.18. The molecular formula is C24H29N3O3. The van der Waals surface area contributed by atoms with E-state index in [4.69, 9.17) is 4.74 Å². The maximum absolute atomic E-state index is 13.3. The van der Waals surface area contributed by atoms with Crippen molar-refractivity contribution in [1.82, 2.24) is 9.88 Å². The molecule has 1 atom stereocenters. The second kappa shape index (κ2) is 8.86. The van der Waals surface area contributed by atoms with Crippen molar-refractivity contribution >= 4 is 17.5 Å². The van der Waals surface area contributed by atoms with Crippen LogP contribution in [0.3, 0.4) is 0 Å². The Hall–Kier alpha value is -2.89. The highest BCUT2D eigenvalue weighted by Gasteiger charge is 2.51. The monoisotopic (exact) mass is 407 g/mol. The molecule has 2 fully saturated rings. The Labute approximate surface area is 177 Å². The highest BCUT2D eigenvalue weighted by Crippen LogP contribution is 2.48. The smallest absolute Gasteiger partial charge is 0.254 e. The summed E-state index contributed by atoms with van der Waals surface area (Å²) in [6.07, 6.45) is 8.69. The Bertz CT molecular complexity index is 876. The Morgan fingerprint density at radius 2 is 1.80 bits per heavy atom.